The van der Waals surface area contributed by atoms with Crippen molar-refractivity contribution in [2.75, 3.05) is 0 Å². The number of hydrogen-bond acceptors (Lipinski definition) is 0. The summed E-state index contributed by atoms with van der Waals surface area (Å²) in [6, 6.07) is 1.65. The van der Waals surface area contributed by atoms with Gasteiger partial charge in [-0.2, -0.15) is 0 Å². The summed E-state index contributed by atoms with van der Waals surface area (Å²) in [5.74, 6) is 0.993. The van der Waals surface area contributed by atoms with Gasteiger partial charge in [0.25, 0.3) is 0 Å². The molecule has 0 aliphatic heterocycles. The van der Waals surface area contributed by atoms with Crippen LogP contribution in [0.3, 0.4) is 0 Å². The van der Waals surface area contributed by atoms with Gasteiger partial charge in [0.2, 0.25) is 0 Å². The van der Waals surface area contributed by atoms with Gasteiger partial charge in [0, 0.05) is 8.80 Å². The van der Waals surface area contributed by atoms with E-state index in [-0.39, 0.29) is 8.80 Å². The van der Waals surface area contributed by atoms with Gasteiger partial charge in [0.1, 0.15) is 0 Å². The van der Waals surface area contributed by atoms with Gasteiger partial charge in [-0.05, 0) is 17.0 Å². The van der Waals surface area contributed by atoms with Crippen LogP contribution in [0.1, 0.15) is 39.5 Å². The molecule has 2 aliphatic carbocycles. The molecule has 0 amide bonds. The molecule has 2 aliphatic rings. The summed E-state index contributed by atoms with van der Waals surface area (Å²) in [6.45, 7) is 4.82. The zero-order valence-electron chi connectivity index (χ0n) is 7.84. The molecule has 0 atom stereocenters. The van der Waals surface area contributed by atoms with Crippen molar-refractivity contribution < 1.29 is 0 Å². The summed E-state index contributed by atoms with van der Waals surface area (Å²) in [6.07, 6.45) is 6.44. The monoisotopic (exact) mass is 168 g/mol. The van der Waals surface area contributed by atoms with E-state index in [1.54, 1.807) is 31.7 Å². The molecule has 11 heavy (non-hydrogen) atoms. The smallest absolute Gasteiger partial charge is 0.0432 e. The molecule has 0 radical (unpaired) electrons. The number of hydrogen-bond donors (Lipinski definition) is 0. The van der Waals surface area contributed by atoms with Crippen molar-refractivity contribution in [2.24, 2.45) is 5.92 Å². The molecule has 0 aromatic rings. The Hall–Kier alpha value is 0.217. The minimum atomic E-state index is -0.216. The molecule has 1 heteroatoms. The maximum atomic E-state index is 2.41. The molecule has 0 aromatic heterocycles. The Balaban J connectivity index is 1.82. The van der Waals surface area contributed by atoms with E-state index in [4.69, 9.17) is 0 Å². The summed E-state index contributed by atoms with van der Waals surface area (Å²) in [4.78, 5) is 0. The first kappa shape index (κ1) is 7.84. The van der Waals surface area contributed by atoms with E-state index >= 15 is 0 Å². The number of rotatable bonds is 4. The highest BCUT2D eigenvalue weighted by molar-refractivity contribution is 6.63. The van der Waals surface area contributed by atoms with Gasteiger partial charge in [0.15, 0.2) is 0 Å². The third kappa shape index (κ3) is 2.08. The summed E-state index contributed by atoms with van der Waals surface area (Å²) in [5.41, 5.74) is 2.59. The largest absolute Gasteiger partial charge is 0.0631 e. The van der Waals surface area contributed by atoms with Crippen LogP contribution in [0.2, 0.25) is 17.1 Å². The van der Waals surface area contributed by atoms with Gasteiger partial charge in [-0.25, -0.2) is 0 Å². The topological polar surface area (TPSA) is 0 Å². The molecule has 2 rings (SSSR count). The van der Waals surface area contributed by atoms with E-state index in [9.17, 15) is 0 Å². The molecular formula is C10H20Si. The van der Waals surface area contributed by atoms with E-state index in [0.29, 0.717) is 0 Å². The molecule has 2 saturated carbocycles. The summed E-state index contributed by atoms with van der Waals surface area (Å²) >= 11 is 0. The second-order valence-electron chi connectivity index (χ2n) is 4.97. The molecule has 0 spiro atoms. The fourth-order valence-electron chi connectivity index (χ4n) is 2.36. The van der Waals surface area contributed by atoms with Crippen LogP contribution in [0.15, 0.2) is 0 Å². The van der Waals surface area contributed by atoms with Gasteiger partial charge >= 0.3 is 0 Å². The first-order valence-corrected chi connectivity index (χ1v) is 7.42. The lowest BCUT2D eigenvalue weighted by Gasteiger charge is -2.15. The van der Waals surface area contributed by atoms with Crippen LogP contribution in [-0.2, 0) is 0 Å². The van der Waals surface area contributed by atoms with Gasteiger partial charge in [-0.3, -0.25) is 0 Å². The lowest BCUT2D eigenvalue weighted by atomic mass is 10.3. The Morgan fingerprint density at radius 2 is 1.55 bits per heavy atom. The molecule has 0 unspecified atom stereocenters. The zero-order valence-corrected chi connectivity index (χ0v) is 9.00. The Kier molecular flexibility index (Phi) is 2.09. The highest BCUT2D eigenvalue weighted by atomic mass is 28.3. The minimum absolute atomic E-state index is 0.216. The second kappa shape index (κ2) is 2.93. The average molecular weight is 168 g/mol. The van der Waals surface area contributed by atoms with Gasteiger partial charge in [-0.1, -0.05) is 45.6 Å². The Morgan fingerprint density at radius 3 is 1.82 bits per heavy atom. The van der Waals surface area contributed by atoms with Crippen LogP contribution in [0.25, 0.3) is 0 Å². The molecule has 0 heterocycles. The first-order chi connectivity index (χ1) is 5.27. The van der Waals surface area contributed by atoms with Crippen molar-refractivity contribution in [3.63, 3.8) is 0 Å². The SMILES string of the molecule is CC(C)C[SiH](C1CC1)C1CC1. The maximum Gasteiger partial charge on any atom is 0.0432 e. The minimum Gasteiger partial charge on any atom is -0.0631 e. The van der Waals surface area contributed by atoms with Crippen molar-refractivity contribution in [3.05, 3.63) is 0 Å². The van der Waals surface area contributed by atoms with E-state index in [1.807, 2.05) is 0 Å². The average Bonchev–Trinajstić information content (AvgIpc) is 2.79. The standard InChI is InChI=1S/C10H20Si/c1-8(2)7-11(9-3-4-9)10-5-6-10/h8-11H,3-7H2,1-2H3. The highest BCUT2D eigenvalue weighted by Crippen LogP contribution is 2.53. The molecule has 0 nitrogen and oxygen atoms in total. The zero-order chi connectivity index (χ0) is 7.84. The van der Waals surface area contributed by atoms with Crippen LogP contribution >= 0.6 is 0 Å². The lowest BCUT2D eigenvalue weighted by Crippen LogP contribution is -2.15. The molecule has 0 aromatic carbocycles. The Morgan fingerprint density at radius 1 is 1.09 bits per heavy atom. The highest BCUT2D eigenvalue weighted by Gasteiger charge is 2.42. The molecule has 64 valence electrons. The normalized spacial score (nSPS) is 25.1. The van der Waals surface area contributed by atoms with Crippen LogP contribution < -0.4 is 0 Å². The predicted molar refractivity (Wildman–Crippen MR) is 52.8 cm³/mol. The van der Waals surface area contributed by atoms with Crippen LogP contribution in [0.5, 0.6) is 0 Å². The van der Waals surface area contributed by atoms with E-state index in [0.717, 1.165) is 5.92 Å². The Bertz CT molecular complexity index is 122. The van der Waals surface area contributed by atoms with Crippen molar-refractivity contribution in [2.45, 2.75) is 56.7 Å². The lowest BCUT2D eigenvalue weighted by molar-refractivity contribution is 0.719. The molecule has 0 bridgehead atoms. The van der Waals surface area contributed by atoms with Crippen LogP contribution in [0, 0.1) is 5.92 Å². The molecular weight excluding hydrogens is 148 g/mol. The maximum absolute atomic E-state index is 2.41. The van der Waals surface area contributed by atoms with Crippen LogP contribution in [-0.4, -0.2) is 8.80 Å². The fraction of sp³-hybridized carbons (Fsp3) is 1.00. The fourth-order valence-corrected chi connectivity index (χ4v) is 7.09. The third-order valence-corrected chi connectivity index (χ3v) is 8.44. The van der Waals surface area contributed by atoms with Crippen molar-refractivity contribution in [1.82, 2.24) is 0 Å². The van der Waals surface area contributed by atoms with Gasteiger partial charge < -0.3 is 0 Å². The van der Waals surface area contributed by atoms with E-state index in [2.05, 4.69) is 13.8 Å². The molecule has 0 saturated heterocycles. The molecule has 2 fully saturated rings. The summed E-state index contributed by atoms with van der Waals surface area (Å²) in [7, 11) is -0.216. The summed E-state index contributed by atoms with van der Waals surface area (Å²) < 4.78 is 0. The van der Waals surface area contributed by atoms with E-state index in [1.165, 1.54) is 11.1 Å². The van der Waals surface area contributed by atoms with Crippen molar-refractivity contribution in [1.29, 1.82) is 0 Å². The quantitative estimate of drug-likeness (QED) is 0.566. The predicted octanol–water partition coefficient (Wildman–Crippen LogP) is 3.20. The van der Waals surface area contributed by atoms with Crippen molar-refractivity contribution >= 4 is 8.80 Å². The summed E-state index contributed by atoms with van der Waals surface area (Å²) in [5, 5.41) is 0. The third-order valence-electron chi connectivity index (χ3n) is 3.20. The van der Waals surface area contributed by atoms with Gasteiger partial charge in [0.05, 0.1) is 0 Å². The first-order valence-electron chi connectivity index (χ1n) is 5.27. The molecule has 0 N–H and O–H groups in total. The van der Waals surface area contributed by atoms with E-state index < -0.39 is 0 Å². The van der Waals surface area contributed by atoms with Gasteiger partial charge in [-0.15, -0.1) is 0 Å². The Labute approximate surface area is 72.0 Å². The second-order valence-corrected chi connectivity index (χ2v) is 8.65. The van der Waals surface area contributed by atoms with Crippen molar-refractivity contribution in [3.8, 4) is 0 Å². The van der Waals surface area contributed by atoms with Crippen LogP contribution in [0.4, 0.5) is 0 Å².